The Labute approximate surface area is 133 Å². The molecule has 0 amide bonds. The maximum absolute atomic E-state index is 9.75. The summed E-state index contributed by atoms with van der Waals surface area (Å²) in [5.41, 5.74) is 2.80. The van der Waals surface area contributed by atoms with Gasteiger partial charge in [-0.2, -0.15) is 0 Å². The zero-order valence-electron chi connectivity index (χ0n) is 14.8. The number of hydrogen-bond donors (Lipinski definition) is 0. The molecule has 1 rings (SSSR count). The van der Waals surface area contributed by atoms with E-state index in [0.29, 0.717) is 10.3 Å². The minimum atomic E-state index is -6.00. The topological polar surface area (TPSA) is 0 Å². The first-order valence-electron chi connectivity index (χ1n) is 7.35. The first-order valence-corrected chi connectivity index (χ1v) is 8.85. The summed E-state index contributed by atoms with van der Waals surface area (Å²) in [5.74, 6) is 0. The van der Waals surface area contributed by atoms with E-state index in [1.54, 1.807) is 5.30 Å². The maximum Gasteiger partial charge on any atom is 0.673 e. The van der Waals surface area contributed by atoms with Crippen molar-refractivity contribution in [2.45, 2.75) is 65.7 Å². The molecule has 0 atom stereocenters. The van der Waals surface area contributed by atoms with E-state index in [1.165, 1.54) is 11.1 Å². The second kappa shape index (κ2) is 7.34. The zero-order valence-corrected chi connectivity index (χ0v) is 15.8. The quantitative estimate of drug-likeness (QED) is 0.333. The summed E-state index contributed by atoms with van der Waals surface area (Å²) in [5, 5.41) is 2.37. The highest BCUT2D eigenvalue weighted by molar-refractivity contribution is 7.68. The maximum atomic E-state index is 9.75. The van der Waals surface area contributed by atoms with Crippen molar-refractivity contribution < 1.29 is 17.3 Å². The van der Waals surface area contributed by atoms with Crippen molar-refractivity contribution >= 4 is 20.5 Å². The molecule has 0 saturated carbocycles. The number of aryl methyl sites for hydroxylation is 2. The predicted octanol–water partition coefficient (Wildman–Crippen LogP) is 6.04. The Balaban J connectivity index is 0.000000763. The van der Waals surface area contributed by atoms with Crippen LogP contribution in [0.4, 0.5) is 17.3 Å². The molecule has 0 fully saturated rings. The van der Waals surface area contributed by atoms with Crippen LogP contribution in [0, 0.1) is 13.8 Å². The SMILES string of the molecule is Cc1cc(C)cc([PH+](C(C)(C)C)C(C)(C)C)c1.F[B-](F)(F)F. The van der Waals surface area contributed by atoms with E-state index in [0.717, 1.165) is 0 Å². The number of rotatable bonds is 1. The van der Waals surface area contributed by atoms with E-state index >= 15 is 0 Å². The number of halogens is 4. The standard InChI is InChI=1S/C16H27P.BF4/c1-12-9-13(2)11-14(10-12)17(15(3,4)5)16(6,7)8;2-1(3,4)5/h9-11H,1-8H3;/q;-1/p+1. The van der Waals surface area contributed by atoms with Gasteiger partial charge in [-0.1, -0.05) is 6.07 Å². The monoisotopic (exact) mass is 338 g/mol. The molecule has 0 aliphatic carbocycles. The molecule has 1 aromatic rings. The van der Waals surface area contributed by atoms with Crippen molar-refractivity contribution in [3.05, 3.63) is 29.3 Å². The molecule has 128 valence electrons. The second-order valence-corrected chi connectivity index (χ2v) is 12.1. The normalized spacial score (nSPS) is 13.0. The van der Waals surface area contributed by atoms with Crippen molar-refractivity contribution in [1.29, 1.82) is 0 Å². The molecule has 1 aromatic carbocycles. The summed E-state index contributed by atoms with van der Waals surface area (Å²) in [6, 6.07) is 7.07. The van der Waals surface area contributed by atoms with Crippen molar-refractivity contribution in [3.8, 4) is 0 Å². The van der Waals surface area contributed by atoms with E-state index in [1.807, 2.05) is 0 Å². The Hall–Kier alpha value is -0.565. The van der Waals surface area contributed by atoms with Gasteiger partial charge < -0.3 is 17.3 Å². The van der Waals surface area contributed by atoms with Gasteiger partial charge in [-0.25, -0.2) is 0 Å². The molecule has 0 unspecified atom stereocenters. The highest BCUT2D eigenvalue weighted by Gasteiger charge is 2.43. The molecule has 0 bridgehead atoms. The molecule has 0 radical (unpaired) electrons. The van der Waals surface area contributed by atoms with Crippen molar-refractivity contribution in [1.82, 2.24) is 0 Å². The largest absolute Gasteiger partial charge is 0.673 e. The lowest BCUT2D eigenvalue weighted by molar-refractivity contribution is 0.368. The van der Waals surface area contributed by atoms with Gasteiger partial charge in [-0.3, -0.25) is 0 Å². The number of hydrogen-bond acceptors (Lipinski definition) is 0. The van der Waals surface area contributed by atoms with E-state index in [9.17, 15) is 17.3 Å². The van der Waals surface area contributed by atoms with Crippen LogP contribution >= 0.6 is 7.92 Å². The van der Waals surface area contributed by atoms with E-state index in [4.69, 9.17) is 0 Å². The molecule has 0 aromatic heterocycles. The molecular formula is C16H28BF4P. The third-order valence-corrected chi connectivity index (χ3v) is 6.88. The van der Waals surface area contributed by atoms with E-state index in [2.05, 4.69) is 73.6 Å². The van der Waals surface area contributed by atoms with Crippen molar-refractivity contribution in [2.75, 3.05) is 0 Å². The van der Waals surface area contributed by atoms with Crippen LogP contribution in [-0.2, 0) is 0 Å². The summed E-state index contributed by atoms with van der Waals surface area (Å²) < 4.78 is 39.0. The van der Waals surface area contributed by atoms with Gasteiger partial charge in [-0.05, 0) is 78.6 Å². The van der Waals surface area contributed by atoms with Crippen LogP contribution in [-0.4, -0.2) is 17.6 Å². The average Bonchev–Trinajstić information content (AvgIpc) is 2.05. The van der Waals surface area contributed by atoms with Crippen molar-refractivity contribution in [2.24, 2.45) is 0 Å². The van der Waals surface area contributed by atoms with Crippen molar-refractivity contribution in [3.63, 3.8) is 0 Å². The molecule has 0 heterocycles. The molecule has 0 N–H and O–H groups in total. The summed E-state index contributed by atoms with van der Waals surface area (Å²) in [6.45, 7) is 18.8. The highest BCUT2D eigenvalue weighted by atomic mass is 31.1. The lowest BCUT2D eigenvalue weighted by Crippen LogP contribution is -2.31. The Kier molecular flexibility index (Phi) is 7.15. The van der Waals surface area contributed by atoms with Gasteiger partial charge in [-0.15, -0.1) is 0 Å². The molecule has 6 heteroatoms. The summed E-state index contributed by atoms with van der Waals surface area (Å²) in [6.07, 6.45) is 0. The van der Waals surface area contributed by atoms with Gasteiger partial charge in [0.15, 0.2) is 0 Å². The average molecular weight is 338 g/mol. The molecule has 22 heavy (non-hydrogen) atoms. The molecule has 0 spiro atoms. The van der Waals surface area contributed by atoms with Gasteiger partial charge in [0.05, 0.1) is 15.6 Å². The fraction of sp³-hybridized carbons (Fsp3) is 0.625. The van der Waals surface area contributed by atoms with Gasteiger partial charge in [0.25, 0.3) is 0 Å². The van der Waals surface area contributed by atoms with Crippen LogP contribution < -0.4 is 5.30 Å². The third-order valence-electron chi connectivity index (χ3n) is 3.01. The summed E-state index contributed by atoms with van der Waals surface area (Å²) in [7, 11) is -6.60. The molecule has 0 aliphatic heterocycles. The second-order valence-electron chi connectivity index (χ2n) is 7.75. The van der Waals surface area contributed by atoms with Gasteiger partial charge in [0.2, 0.25) is 0 Å². The van der Waals surface area contributed by atoms with Crippen LogP contribution in [0.3, 0.4) is 0 Å². The summed E-state index contributed by atoms with van der Waals surface area (Å²) >= 11 is 0. The molecular weight excluding hydrogens is 310 g/mol. The van der Waals surface area contributed by atoms with E-state index in [-0.39, 0.29) is 0 Å². The van der Waals surface area contributed by atoms with Gasteiger partial charge in [0, 0.05) is 7.92 Å². The van der Waals surface area contributed by atoms with Crippen LogP contribution in [0.5, 0.6) is 0 Å². The first-order chi connectivity index (χ1) is 9.51. The van der Waals surface area contributed by atoms with Crippen LogP contribution in [0.1, 0.15) is 52.7 Å². The van der Waals surface area contributed by atoms with Crippen LogP contribution in [0.2, 0.25) is 0 Å². The fourth-order valence-corrected chi connectivity index (χ4v) is 7.84. The minimum absolute atomic E-state index is 0.392. The van der Waals surface area contributed by atoms with Gasteiger partial charge >= 0.3 is 7.25 Å². The lowest BCUT2D eigenvalue weighted by atomic mass is 10.2. The lowest BCUT2D eigenvalue weighted by Gasteiger charge is -2.34. The third kappa shape index (κ3) is 8.78. The van der Waals surface area contributed by atoms with Crippen LogP contribution in [0.15, 0.2) is 18.2 Å². The molecule has 0 nitrogen and oxygen atoms in total. The van der Waals surface area contributed by atoms with Gasteiger partial charge in [0.1, 0.15) is 0 Å². The summed E-state index contributed by atoms with van der Waals surface area (Å²) in [4.78, 5) is 0. The van der Waals surface area contributed by atoms with E-state index < -0.39 is 15.2 Å². The highest BCUT2D eigenvalue weighted by Crippen LogP contribution is 2.58. The predicted molar refractivity (Wildman–Crippen MR) is 93.6 cm³/mol. The first kappa shape index (κ1) is 21.4. The Morgan fingerprint density at radius 1 is 0.727 bits per heavy atom. The minimum Gasteiger partial charge on any atom is -0.418 e. The zero-order chi connectivity index (χ0) is 17.9. The number of benzene rings is 1. The Morgan fingerprint density at radius 2 is 1.00 bits per heavy atom. The molecule has 0 saturated heterocycles. The Morgan fingerprint density at radius 3 is 1.23 bits per heavy atom. The van der Waals surface area contributed by atoms with Crippen LogP contribution in [0.25, 0.3) is 0 Å². The smallest absolute Gasteiger partial charge is 0.418 e. The molecule has 0 aliphatic rings. The fourth-order valence-electron chi connectivity index (χ4n) is 3.11. The Bertz CT molecular complexity index is 444.